The fraction of sp³-hybridized carbons (Fsp3) is 0.267. The molecule has 6 heteroatoms. The molecule has 0 aliphatic carbocycles. The lowest BCUT2D eigenvalue weighted by molar-refractivity contribution is -0.740. The molecule has 0 aliphatic heterocycles. The Morgan fingerprint density at radius 1 is 1.33 bits per heavy atom. The molecule has 0 bridgehead atoms. The van der Waals surface area contributed by atoms with Gasteiger partial charge in [0.05, 0.1) is 0 Å². The maximum Gasteiger partial charge on any atom is 0.303 e. The third-order valence-electron chi connectivity index (χ3n) is 3.19. The third kappa shape index (κ3) is 3.68. The van der Waals surface area contributed by atoms with E-state index in [4.69, 9.17) is 10.8 Å². The molecule has 0 saturated carbocycles. The molecule has 1 aromatic heterocycles. The van der Waals surface area contributed by atoms with Crippen LogP contribution >= 0.6 is 0 Å². The van der Waals surface area contributed by atoms with Crippen LogP contribution < -0.4 is 10.4 Å². The Kier molecular flexibility index (Phi) is 4.37. The number of nitrogens with two attached hydrogens (primary N) is 1. The van der Waals surface area contributed by atoms with Crippen LogP contribution in [0.3, 0.4) is 0 Å². The standard InChI is InChI=1S/C15H17N3O3/c1-10-9-13(11-4-6-12(19)7-5-11)17-18(15(10)16)8-2-3-14(20)21/h4-7,9,16H,2-3,8H2,1H3,(H2,17,19,20,21)/p+1. The first kappa shape index (κ1) is 14.8. The van der Waals surface area contributed by atoms with Gasteiger partial charge in [-0.05, 0) is 43.7 Å². The number of phenolic OH excluding ortho intramolecular Hbond substituents is 1. The number of anilines is 1. The number of hydrogen-bond donors (Lipinski definition) is 3. The monoisotopic (exact) mass is 288 g/mol. The van der Waals surface area contributed by atoms with E-state index in [0.29, 0.717) is 18.8 Å². The van der Waals surface area contributed by atoms with E-state index >= 15 is 0 Å². The Morgan fingerprint density at radius 2 is 2.00 bits per heavy atom. The zero-order chi connectivity index (χ0) is 15.4. The third-order valence-corrected chi connectivity index (χ3v) is 3.19. The lowest BCUT2D eigenvalue weighted by atomic mass is 10.1. The molecule has 2 rings (SSSR count). The van der Waals surface area contributed by atoms with Gasteiger partial charge >= 0.3 is 5.97 Å². The van der Waals surface area contributed by atoms with Crippen LogP contribution in [0.2, 0.25) is 0 Å². The van der Waals surface area contributed by atoms with Crippen LogP contribution in [-0.4, -0.2) is 21.3 Å². The van der Waals surface area contributed by atoms with Crippen molar-refractivity contribution in [2.24, 2.45) is 0 Å². The van der Waals surface area contributed by atoms with Crippen molar-refractivity contribution >= 4 is 11.8 Å². The minimum absolute atomic E-state index is 0.0800. The summed E-state index contributed by atoms with van der Waals surface area (Å²) in [6.07, 6.45) is 0.548. The Bertz CT molecular complexity index is 654. The summed E-state index contributed by atoms with van der Waals surface area (Å²) in [7, 11) is 0. The topological polar surface area (TPSA) is 100 Å². The molecule has 0 fully saturated rings. The minimum atomic E-state index is -0.833. The first-order valence-corrected chi connectivity index (χ1v) is 6.66. The second-order valence-corrected chi connectivity index (χ2v) is 4.87. The molecule has 0 atom stereocenters. The molecule has 4 N–H and O–H groups in total. The summed E-state index contributed by atoms with van der Waals surface area (Å²) in [6, 6.07) is 8.61. The van der Waals surface area contributed by atoms with Crippen molar-refractivity contribution in [1.82, 2.24) is 5.10 Å². The van der Waals surface area contributed by atoms with Gasteiger partial charge in [-0.15, -0.1) is 4.68 Å². The molecule has 0 amide bonds. The number of carboxylic acid groups (broad SMARTS) is 1. The van der Waals surface area contributed by atoms with E-state index in [9.17, 15) is 9.90 Å². The zero-order valence-corrected chi connectivity index (χ0v) is 11.8. The number of nitrogen functional groups attached to an aromatic ring is 1. The van der Waals surface area contributed by atoms with E-state index in [0.717, 1.165) is 16.8 Å². The molecular weight excluding hydrogens is 270 g/mol. The van der Waals surface area contributed by atoms with Gasteiger partial charge < -0.3 is 10.2 Å². The van der Waals surface area contributed by atoms with Crippen LogP contribution in [0.4, 0.5) is 5.82 Å². The van der Waals surface area contributed by atoms with Gasteiger partial charge in [-0.25, -0.2) is 0 Å². The molecule has 0 spiro atoms. The van der Waals surface area contributed by atoms with Gasteiger partial charge in [0.15, 0.2) is 0 Å². The number of benzene rings is 1. The van der Waals surface area contributed by atoms with Gasteiger partial charge in [0, 0.05) is 17.5 Å². The smallest absolute Gasteiger partial charge is 0.303 e. The summed E-state index contributed by atoms with van der Waals surface area (Å²) in [4.78, 5) is 10.6. The Morgan fingerprint density at radius 3 is 2.62 bits per heavy atom. The highest BCUT2D eigenvalue weighted by Gasteiger charge is 2.14. The van der Waals surface area contributed by atoms with Crippen LogP contribution in [0.5, 0.6) is 5.75 Å². The Balaban J connectivity index is 2.29. The van der Waals surface area contributed by atoms with Crippen molar-refractivity contribution in [3.63, 3.8) is 0 Å². The highest BCUT2D eigenvalue weighted by atomic mass is 16.4. The second-order valence-electron chi connectivity index (χ2n) is 4.87. The van der Waals surface area contributed by atoms with E-state index in [1.54, 1.807) is 28.9 Å². The normalized spacial score (nSPS) is 10.5. The maximum absolute atomic E-state index is 10.6. The fourth-order valence-corrected chi connectivity index (χ4v) is 2.02. The summed E-state index contributed by atoms with van der Waals surface area (Å²) in [6.45, 7) is 2.33. The van der Waals surface area contributed by atoms with Crippen molar-refractivity contribution < 1.29 is 19.7 Å². The highest BCUT2D eigenvalue weighted by Crippen LogP contribution is 2.21. The number of carbonyl (C=O) groups is 1. The predicted molar refractivity (Wildman–Crippen MR) is 77.6 cm³/mol. The van der Waals surface area contributed by atoms with Gasteiger partial charge in [0.2, 0.25) is 0 Å². The average Bonchev–Trinajstić information content (AvgIpc) is 2.43. The van der Waals surface area contributed by atoms with Gasteiger partial charge in [-0.1, -0.05) is 5.10 Å². The minimum Gasteiger partial charge on any atom is -0.508 e. The largest absolute Gasteiger partial charge is 0.508 e. The molecule has 6 nitrogen and oxygen atoms in total. The van der Waals surface area contributed by atoms with E-state index in [1.165, 1.54) is 0 Å². The van der Waals surface area contributed by atoms with Crippen molar-refractivity contribution in [3.8, 4) is 17.0 Å². The first-order chi connectivity index (χ1) is 9.97. The van der Waals surface area contributed by atoms with Crippen LogP contribution in [-0.2, 0) is 11.3 Å². The molecule has 0 saturated heterocycles. The van der Waals surface area contributed by atoms with E-state index in [2.05, 4.69) is 5.10 Å². The number of hydrogen-bond acceptors (Lipinski definition) is 4. The average molecular weight is 288 g/mol. The summed E-state index contributed by atoms with van der Waals surface area (Å²) in [5.41, 5.74) is 8.46. The first-order valence-electron chi connectivity index (χ1n) is 6.66. The molecule has 2 aromatic rings. The molecule has 0 radical (unpaired) electrons. The van der Waals surface area contributed by atoms with Crippen molar-refractivity contribution in [3.05, 3.63) is 35.9 Å². The van der Waals surface area contributed by atoms with Crippen molar-refractivity contribution in [2.75, 3.05) is 5.73 Å². The number of carboxylic acids is 1. The molecule has 1 heterocycles. The summed E-state index contributed by atoms with van der Waals surface area (Å²) in [5, 5.41) is 22.5. The number of aliphatic carboxylic acids is 1. The Labute approximate surface area is 122 Å². The molecule has 1 aromatic carbocycles. The molecule has 0 unspecified atom stereocenters. The van der Waals surface area contributed by atoms with Crippen LogP contribution in [0.15, 0.2) is 30.3 Å². The van der Waals surface area contributed by atoms with Gasteiger partial charge in [-0.2, -0.15) is 0 Å². The fourth-order valence-electron chi connectivity index (χ4n) is 2.02. The van der Waals surface area contributed by atoms with E-state index in [-0.39, 0.29) is 12.2 Å². The van der Waals surface area contributed by atoms with Crippen molar-refractivity contribution in [2.45, 2.75) is 26.3 Å². The van der Waals surface area contributed by atoms with Gasteiger partial charge in [0.25, 0.3) is 5.82 Å². The Hall–Kier alpha value is -2.63. The van der Waals surface area contributed by atoms with Gasteiger partial charge in [0.1, 0.15) is 18.0 Å². The lowest BCUT2D eigenvalue weighted by Crippen LogP contribution is -2.42. The number of aromatic nitrogens is 2. The summed E-state index contributed by atoms with van der Waals surface area (Å²) < 4.78 is 1.63. The zero-order valence-electron chi connectivity index (χ0n) is 11.8. The highest BCUT2D eigenvalue weighted by molar-refractivity contribution is 5.66. The summed E-state index contributed by atoms with van der Waals surface area (Å²) >= 11 is 0. The number of phenols is 1. The maximum atomic E-state index is 10.6. The lowest BCUT2D eigenvalue weighted by Gasteiger charge is -2.07. The van der Waals surface area contributed by atoms with Crippen molar-refractivity contribution in [1.29, 1.82) is 0 Å². The number of aromatic hydroxyl groups is 1. The van der Waals surface area contributed by atoms with E-state index < -0.39 is 5.97 Å². The number of rotatable bonds is 5. The summed E-state index contributed by atoms with van der Waals surface area (Å²) in [5.74, 6) is -0.108. The molecule has 0 aliphatic rings. The molecular formula is C15H18N3O3+. The second kappa shape index (κ2) is 6.21. The quantitative estimate of drug-likeness (QED) is 0.724. The van der Waals surface area contributed by atoms with Crippen LogP contribution in [0, 0.1) is 6.92 Å². The van der Waals surface area contributed by atoms with Gasteiger partial charge in [-0.3, -0.25) is 10.5 Å². The van der Waals surface area contributed by atoms with Crippen LogP contribution in [0.25, 0.3) is 11.3 Å². The number of nitrogens with zero attached hydrogens (tertiary/aromatic N) is 2. The molecule has 110 valence electrons. The van der Waals surface area contributed by atoms with E-state index in [1.807, 2.05) is 13.0 Å². The van der Waals surface area contributed by atoms with Crippen LogP contribution in [0.1, 0.15) is 18.4 Å². The predicted octanol–water partition coefficient (Wildman–Crippen LogP) is 1.50. The number of aryl methyl sites for hydroxylation is 2. The molecule has 21 heavy (non-hydrogen) atoms. The SMILES string of the molecule is Cc1cc(-c2ccc(O)cc2)n[n+](CCCC(=O)O)c1N.